The average molecular weight is 458 g/mol. The average Bonchev–Trinajstić information content (AvgIpc) is 2.60. The first kappa shape index (κ1) is 23.0. The van der Waals surface area contributed by atoms with Crippen molar-refractivity contribution in [2.45, 2.75) is 27.2 Å². The maximum atomic E-state index is 9.00. The number of carboxylic acids is 1. The van der Waals surface area contributed by atoms with Gasteiger partial charge < -0.3 is 5.11 Å². The van der Waals surface area contributed by atoms with Crippen molar-refractivity contribution in [2.24, 2.45) is 0 Å². The molecule has 0 heterocycles. The van der Waals surface area contributed by atoms with Crippen molar-refractivity contribution in [1.29, 1.82) is 0 Å². The van der Waals surface area contributed by atoms with Gasteiger partial charge in [0.2, 0.25) is 0 Å². The number of aliphatic carboxylic acids is 1. The molecule has 6 heteroatoms. The minimum atomic E-state index is -0.833. The Morgan fingerprint density at radius 2 is 1.58 bits per heavy atom. The summed E-state index contributed by atoms with van der Waals surface area (Å²) in [4.78, 5) is 11.5. The van der Waals surface area contributed by atoms with Gasteiger partial charge in [0, 0.05) is 6.92 Å². The van der Waals surface area contributed by atoms with E-state index in [0.29, 0.717) is 0 Å². The summed E-state index contributed by atoms with van der Waals surface area (Å²) < 4.78 is 2.57. The van der Waals surface area contributed by atoms with E-state index in [-0.39, 0.29) is 0 Å². The molecular weight excluding hydrogens is 432 g/mol. The van der Waals surface area contributed by atoms with Crippen LogP contribution in [-0.4, -0.2) is 51.4 Å². The van der Waals surface area contributed by atoms with E-state index in [1.165, 1.54) is 9.91 Å². The zero-order valence-corrected chi connectivity index (χ0v) is 19.0. The summed E-state index contributed by atoms with van der Waals surface area (Å²) in [6.45, 7) is 8.82. The molecule has 1 atom stereocenters. The van der Waals surface area contributed by atoms with E-state index in [9.17, 15) is 0 Å². The normalized spacial score (nSPS) is 10.8. The van der Waals surface area contributed by atoms with Gasteiger partial charge in [-0.2, -0.15) is 0 Å². The van der Waals surface area contributed by atoms with Crippen LogP contribution in [-0.2, 0) is 11.2 Å². The van der Waals surface area contributed by atoms with Gasteiger partial charge in [0.15, 0.2) is 0 Å². The Morgan fingerprint density at radius 3 is 2.12 bits per heavy atom. The van der Waals surface area contributed by atoms with Crippen molar-refractivity contribution in [3.05, 3.63) is 58.1 Å². The monoisotopic (exact) mass is 457 g/mol. The van der Waals surface area contributed by atoms with Gasteiger partial charge in [-0.05, 0) is 0 Å². The van der Waals surface area contributed by atoms with Crippen molar-refractivity contribution in [3.63, 3.8) is 0 Å². The number of halogens is 2. The van der Waals surface area contributed by atoms with Crippen LogP contribution < -0.4 is 8.70 Å². The topological polar surface area (TPSA) is 40.5 Å². The summed E-state index contributed by atoms with van der Waals surface area (Å²) in [7, 11) is 0. The number of hydrogen-bond acceptors (Lipinski definition) is 2. The summed E-state index contributed by atoms with van der Waals surface area (Å²) in [5.74, 6) is -0.833. The molecule has 0 amide bonds. The van der Waals surface area contributed by atoms with Crippen LogP contribution in [0.15, 0.2) is 42.5 Å². The molecule has 0 bridgehead atoms. The van der Waals surface area contributed by atoms with Crippen molar-refractivity contribution in [1.82, 2.24) is 4.90 Å². The second kappa shape index (κ2) is 12.4. The van der Waals surface area contributed by atoms with E-state index in [2.05, 4.69) is 43.0 Å². The van der Waals surface area contributed by atoms with Crippen LogP contribution in [0.25, 0.3) is 0 Å². The Balaban J connectivity index is 0.000000765. The minimum absolute atomic E-state index is 0.516. The van der Waals surface area contributed by atoms with Crippen LogP contribution >= 0.6 is 23.2 Å². The van der Waals surface area contributed by atoms with Gasteiger partial charge in [-0.25, -0.2) is 0 Å². The predicted molar refractivity (Wildman–Crippen MR) is 114 cm³/mol. The maximum absolute atomic E-state index is 9.00. The fourth-order valence-corrected chi connectivity index (χ4v) is 5.89. The molecule has 0 aliphatic heterocycles. The molecule has 0 aliphatic rings. The molecule has 2 rings (SSSR count). The predicted octanol–water partition coefficient (Wildman–Crippen LogP) is 3.36. The third kappa shape index (κ3) is 8.14. The van der Waals surface area contributed by atoms with Crippen LogP contribution in [0.1, 0.15) is 26.3 Å². The van der Waals surface area contributed by atoms with E-state index in [1.807, 2.05) is 18.2 Å². The van der Waals surface area contributed by atoms with Crippen LogP contribution in [0.3, 0.4) is 0 Å². The third-order valence-corrected chi connectivity index (χ3v) is 8.37. The number of hydrogen-bond donors (Lipinski definition) is 1. The molecular formula is C20H26AsCl2NO2. The fraction of sp³-hybridized carbons (Fsp3) is 0.350. The number of carbonyl (C=O) groups is 1. The molecule has 1 N–H and O–H groups in total. The third-order valence-electron chi connectivity index (χ3n) is 3.83. The molecule has 0 radical (unpaired) electrons. The van der Waals surface area contributed by atoms with Gasteiger partial charge in [0.1, 0.15) is 0 Å². The molecule has 26 heavy (non-hydrogen) atoms. The number of likely N-dealkylation sites (N-methyl/N-ethyl adjacent to an activating group) is 1. The van der Waals surface area contributed by atoms with E-state index in [1.54, 1.807) is 0 Å². The molecule has 3 nitrogen and oxygen atoms in total. The summed E-state index contributed by atoms with van der Waals surface area (Å²) in [5.41, 5.74) is 1.44. The van der Waals surface area contributed by atoms with Crippen molar-refractivity contribution in [3.8, 4) is 0 Å². The van der Waals surface area contributed by atoms with E-state index in [0.717, 1.165) is 47.4 Å². The molecule has 0 aromatic heterocycles. The van der Waals surface area contributed by atoms with Crippen molar-refractivity contribution in [2.75, 3.05) is 19.6 Å². The molecule has 142 valence electrons. The van der Waals surface area contributed by atoms with Crippen molar-refractivity contribution < 1.29 is 9.90 Å². The number of nitrogens with zero attached hydrogens (tertiary/aromatic N) is 1. The molecule has 0 saturated heterocycles. The summed E-state index contributed by atoms with van der Waals surface area (Å²) in [6.07, 6.45) is 1.09. The Bertz CT molecular complexity index is 682. The molecule has 2 aromatic carbocycles. The second-order valence-corrected chi connectivity index (χ2v) is 9.19. The van der Waals surface area contributed by atoms with E-state index < -0.39 is 21.7 Å². The van der Waals surface area contributed by atoms with Crippen molar-refractivity contribution >= 4 is 53.6 Å². The zero-order chi connectivity index (χ0) is 19.5. The van der Waals surface area contributed by atoms with Gasteiger partial charge in [-0.3, -0.25) is 4.79 Å². The number of carboxylic acid groups (broad SMARTS) is 1. The summed E-state index contributed by atoms with van der Waals surface area (Å²) >= 11 is 12.2. The first-order chi connectivity index (χ1) is 12.4. The molecule has 0 spiro atoms. The molecule has 2 aromatic rings. The Hall–Kier alpha value is -0.992. The van der Waals surface area contributed by atoms with E-state index in [4.69, 9.17) is 33.1 Å². The summed E-state index contributed by atoms with van der Waals surface area (Å²) in [6, 6.07) is 14.5. The van der Waals surface area contributed by atoms with Crippen LogP contribution in [0.2, 0.25) is 10.0 Å². The number of rotatable bonds is 7. The molecule has 1 unspecified atom stereocenters. The van der Waals surface area contributed by atoms with Crippen LogP contribution in [0.4, 0.5) is 0 Å². The molecule has 0 fully saturated rings. The van der Waals surface area contributed by atoms with Crippen LogP contribution in [0, 0.1) is 0 Å². The number of benzene rings is 2. The molecule has 0 aliphatic carbocycles. The first-order valence-electron chi connectivity index (χ1n) is 8.59. The first-order valence-corrected chi connectivity index (χ1v) is 11.4. The Morgan fingerprint density at radius 1 is 1.04 bits per heavy atom. The quantitative estimate of drug-likeness (QED) is 0.648. The SMILES string of the molecule is CC(=O)O.CCN(CC)CCc1ccccc1[AsH]c1c(Cl)cccc1Cl. The standard InChI is InChI=1S/C18H22AsCl2N.C2H4O2/c1-3-22(4-2)13-12-14-8-5-6-9-15(14)19-18-16(20)10-7-11-17(18)21;1-2(3)4/h5-11,19H,3-4,12-13H2,1-2H3;1H3,(H,3,4). The molecule has 0 saturated carbocycles. The van der Waals surface area contributed by atoms with Gasteiger partial charge in [0.25, 0.3) is 5.97 Å². The summed E-state index contributed by atoms with van der Waals surface area (Å²) in [5, 5.41) is 9.01. The van der Waals surface area contributed by atoms with E-state index >= 15 is 0 Å². The Labute approximate surface area is 173 Å². The second-order valence-electron chi connectivity index (χ2n) is 5.67. The van der Waals surface area contributed by atoms with Gasteiger partial charge >= 0.3 is 151 Å². The van der Waals surface area contributed by atoms with Gasteiger partial charge in [-0.15, -0.1) is 0 Å². The fourth-order valence-electron chi connectivity index (χ4n) is 2.43. The van der Waals surface area contributed by atoms with Gasteiger partial charge in [-0.1, -0.05) is 0 Å². The Kier molecular flexibility index (Phi) is 11.0. The zero-order valence-electron chi connectivity index (χ0n) is 15.4. The van der Waals surface area contributed by atoms with Gasteiger partial charge in [0.05, 0.1) is 0 Å². The van der Waals surface area contributed by atoms with Crippen LogP contribution in [0.5, 0.6) is 0 Å².